The Hall–Kier alpha value is -2.21. The van der Waals surface area contributed by atoms with Crippen LogP contribution < -0.4 is 0 Å². The average molecular weight is 487 g/mol. The van der Waals surface area contributed by atoms with Gasteiger partial charge in [0.2, 0.25) is 11.8 Å². The molecule has 0 saturated heterocycles. The van der Waals surface area contributed by atoms with Crippen LogP contribution in [0.4, 0.5) is 4.39 Å². The van der Waals surface area contributed by atoms with Crippen LogP contribution in [-0.2, 0) is 22.7 Å². The molecule has 1 fully saturated rings. The molecule has 1 aliphatic rings. The van der Waals surface area contributed by atoms with Crippen LogP contribution in [-0.4, -0.2) is 34.2 Å². The molecule has 0 radical (unpaired) electrons. The van der Waals surface area contributed by atoms with Gasteiger partial charge < -0.3 is 9.80 Å². The molecule has 1 heterocycles. The standard InChI is InChI=1S/C28H39FN2O2S/c1-3-5-10-23(4-2)28(33)31(25-11-7-6-8-12-25)21-27(32)30(20-26-13-9-18-34-26)19-22-14-16-24(29)17-15-22/h9,13-18,23,25H,3-8,10-12,19-21H2,1-2H3/t23-/m0/s1. The smallest absolute Gasteiger partial charge is 0.242 e. The number of amides is 2. The highest BCUT2D eigenvalue weighted by atomic mass is 32.1. The number of carbonyl (C=O) groups excluding carboxylic acids is 2. The SMILES string of the molecule is CCCC[C@H](CC)C(=O)N(CC(=O)N(Cc1ccc(F)cc1)Cc1cccs1)C1CCCCC1. The summed E-state index contributed by atoms with van der Waals surface area (Å²) < 4.78 is 13.4. The summed E-state index contributed by atoms with van der Waals surface area (Å²) in [5.74, 6) is -0.194. The molecule has 1 atom stereocenters. The minimum Gasteiger partial charge on any atom is -0.332 e. The maximum Gasteiger partial charge on any atom is 0.242 e. The predicted molar refractivity (Wildman–Crippen MR) is 137 cm³/mol. The lowest BCUT2D eigenvalue weighted by Gasteiger charge is -2.37. The summed E-state index contributed by atoms with van der Waals surface area (Å²) in [7, 11) is 0. The molecule has 1 aromatic heterocycles. The molecule has 1 aliphatic carbocycles. The summed E-state index contributed by atoms with van der Waals surface area (Å²) in [5, 5.41) is 2.01. The van der Waals surface area contributed by atoms with Crippen molar-refractivity contribution in [2.45, 2.75) is 90.8 Å². The predicted octanol–water partition coefficient (Wildman–Crippen LogP) is 6.79. The van der Waals surface area contributed by atoms with Gasteiger partial charge in [-0.25, -0.2) is 4.39 Å². The van der Waals surface area contributed by atoms with Gasteiger partial charge in [-0.05, 0) is 54.8 Å². The van der Waals surface area contributed by atoms with E-state index in [1.165, 1.54) is 18.6 Å². The molecule has 0 spiro atoms. The lowest BCUT2D eigenvalue weighted by Crippen LogP contribution is -2.49. The van der Waals surface area contributed by atoms with Crippen LogP contribution in [0.25, 0.3) is 0 Å². The van der Waals surface area contributed by atoms with E-state index in [1.807, 2.05) is 27.3 Å². The topological polar surface area (TPSA) is 40.6 Å². The van der Waals surface area contributed by atoms with Gasteiger partial charge in [-0.2, -0.15) is 0 Å². The maximum absolute atomic E-state index is 13.7. The van der Waals surface area contributed by atoms with Gasteiger partial charge in [0.15, 0.2) is 0 Å². The van der Waals surface area contributed by atoms with Crippen LogP contribution in [0.3, 0.4) is 0 Å². The first-order valence-corrected chi connectivity index (χ1v) is 13.7. The highest BCUT2D eigenvalue weighted by molar-refractivity contribution is 7.09. The second-order valence-electron chi connectivity index (χ2n) is 9.46. The van der Waals surface area contributed by atoms with Crippen molar-refractivity contribution in [2.24, 2.45) is 5.92 Å². The second kappa shape index (κ2) is 13.6. The van der Waals surface area contributed by atoms with Crippen molar-refractivity contribution in [3.8, 4) is 0 Å². The molecule has 0 aliphatic heterocycles. The van der Waals surface area contributed by atoms with Gasteiger partial charge in [0, 0.05) is 23.4 Å². The first kappa shape index (κ1) is 26.4. The van der Waals surface area contributed by atoms with Crippen LogP contribution in [0.5, 0.6) is 0 Å². The number of carbonyl (C=O) groups is 2. The molecule has 186 valence electrons. The van der Waals surface area contributed by atoms with Crippen molar-refractivity contribution >= 4 is 23.2 Å². The minimum atomic E-state index is -0.286. The Labute approximate surface area is 208 Å². The Bertz CT molecular complexity index is 878. The highest BCUT2D eigenvalue weighted by Gasteiger charge is 2.32. The van der Waals surface area contributed by atoms with E-state index in [0.29, 0.717) is 13.1 Å². The van der Waals surface area contributed by atoms with Crippen LogP contribution in [0, 0.1) is 11.7 Å². The van der Waals surface area contributed by atoms with E-state index >= 15 is 0 Å². The number of nitrogens with zero attached hydrogens (tertiary/aromatic N) is 2. The molecular weight excluding hydrogens is 447 g/mol. The molecule has 1 saturated carbocycles. The van der Waals surface area contributed by atoms with Gasteiger partial charge in [-0.3, -0.25) is 9.59 Å². The van der Waals surface area contributed by atoms with Crippen molar-refractivity contribution in [3.63, 3.8) is 0 Å². The zero-order chi connectivity index (χ0) is 24.3. The lowest BCUT2D eigenvalue weighted by molar-refractivity contribution is -0.146. The molecule has 0 N–H and O–H groups in total. The van der Waals surface area contributed by atoms with Crippen molar-refractivity contribution in [3.05, 3.63) is 58.0 Å². The Kier molecular flexibility index (Phi) is 10.6. The Morgan fingerprint density at radius 3 is 2.41 bits per heavy atom. The zero-order valence-electron chi connectivity index (χ0n) is 20.7. The quantitative estimate of drug-likeness (QED) is 0.331. The summed E-state index contributed by atoms with van der Waals surface area (Å²) in [5.41, 5.74) is 0.885. The third kappa shape index (κ3) is 7.66. The largest absolute Gasteiger partial charge is 0.332 e. The average Bonchev–Trinajstić information content (AvgIpc) is 3.37. The second-order valence-corrected chi connectivity index (χ2v) is 10.5. The monoisotopic (exact) mass is 486 g/mol. The van der Waals surface area contributed by atoms with Crippen molar-refractivity contribution in [1.82, 2.24) is 9.80 Å². The van der Waals surface area contributed by atoms with Gasteiger partial charge in [0.1, 0.15) is 12.4 Å². The first-order chi connectivity index (χ1) is 16.5. The van der Waals surface area contributed by atoms with E-state index in [9.17, 15) is 14.0 Å². The highest BCUT2D eigenvalue weighted by Crippen LogP contribution is 2.27. The summed E-state index contributed by atoms with van der Waals surface area (Å²) in [6.45, 7) is 5.25. The molecule has 2 amide bonds. The molecule has 0 bridgehead atoms. The van der Waals surface area contributed by atoms with E-state index in [4.69, 9.17) is 0 Å². The first-order valence-electron chi connectivity index (χ1n) is 12.9. The summed E-state index contributed by atoms with van der Waals surface area (Å²) in [6.07, 6.45) is 9.19. The molecular formula is C28H39FN2O2S. The zero-order valence-corrected chi connectivity index (χ0v) is 21.5. The summed E-state index contributed by atoms with van der Waals surface area (Å²) >= 11 is 1.62. The van der Waals surface area contributed by atoms with E-state index < -0.39 is 0 Å². The normalized spacial score (nSPS) is 15.1. The number of unbranched alkanes of at least 4 members (excludes halogenated alkanes) is 1. The van der Waals surface area contributed by atoms with Crippen molar-refractivity contribution in [2.75, 3.05) is 6.54 Å². The Morgan fingerprint density at radius 1 is 1.06 bits per heavy atom. The van der Waals surface area contributed by atoms with Gasteiger partial charge in [-0.1, -0.05) is 64.2 Å². The Balaban J connectivity index is 1.80. The lowest BCUT2D eigenvalue weighted by atomic mass is 9.91. The fourth-order valence-electron chi connectivity index (χ4n) is 4.85. The molecule has 34 heavy (non-hydrogen) atoms. The van der Waals surface area contributed by atoms with E-state index in [0.717, 1.165) is 61.8 Å². The number of hydrogen-bond donors (Lipinski definition) is 0. The van der Waals surface area contributed by atoms with E-state index in [-0.39, 0.29) is 36.1 Å². The molecule has 4 nitrogen and oxygen atoms in total. The molecule has 2 aromatic rings. The van der Waals surface area contributed by atoms with Crippen LogP contribution in [0.2, 0.25) is 0 Å². The van der Waals surface area contributed by atoms with E-state index in [1.54, 1.807) is 23.5 Å². The van der Waals surface area contributed by atoms with Gasteiger partial charge in [0.25, 0.3) is 0 Å². The maximum atomic E-state index is 13.7. The minimum absolute atomic E-state index is 0.0162. The Morgan fingerprint density at radius 2 is 1.79 bits per heavy atom. The number of thiophene rings is 1. The van der Waals surface area contributed by atoms with Crippen molar-refractivity contribution < 1.29 is 14.0 Å². The summed E-state index contributed by atoms with van der Waals surface area (Å²) in [4.78, 5) is 32.2. The number of benzene rings is 1. The van der Waals surface area contributed by atoms with Crippen molar-refractivity contribution in [1.29, 1.82) is 0 Å². The third-order valence-corrected chi connectivity index (χ3v) is 7.78. The van der Waals surface area contributed by atoms with Crippen LogP contribution in [0.1, 0.15) is 82.1 Å². The molecule has 0 unspecified atom stereocenters. The number of rotatable bonds is 12. The van der Waals surface area contributed by atoms with Crippen LogP contribution >= 0.6 is 11.3 Å². The molecule has 6 heteroatoms. The fraction of sp³-hybridized carbons (Fsp3) is 0.571. The summed E-state index contributed by atoms with van der Waals surface area (Å²) in [6, 6.07) is 10.5. The van der Waals surface area contributed by atoms with Gasteiger partial charge >= 0.3 is 0 Å². The van der Waals surface area contributed by atoms with Gasteiger partial charge in [-0.15, -0.1) is 11.3 Å². The third-order valence-electron chi connectivity index (χ3n) is 6.92. The number of halogens is 1. The van der Waals surface area contributed by atoms with E-state index in [2.05, 4.69) is 13.8 Å². The van der Waals surface area contributed by atoms with Crippen LogP contribution in [0.15, 0.2) is 41.8 Å². The van der Waals surface area contributed by atoms with Gasteiger partial charge in [0.05, 0.1) is 6.54 Å². The number of hydrogen-bond acceptors (Lipinski definition) is 3. The molecule has 1 aromatic carbocycles. The fourth-order valence-corrected chi connectivity index (χ4v) is 5.57. The molecule has 3 rings (SSSR count).